The first-order valence-corrected chi connectivity index (χ1v) is 10.9. The molecule has 0 aliphatic carbocycles. The van der Waals surface area contributed by atoms with Gasteiger partial charge in [-0.05, 0) is 52.7 Å². The highest BCUT2D eigenvalue weighted by Gasteiger charge is 2.21. The van der Waals surface area contributed by atoms with Gasteiger partial charge in [0.1, 0.15) is 5.76 Å². The average Bonchev–Trinajstić information content (AvgIpc) is 3.18. The molecule has 0 aliphatic heterocycles. The molecule has 0 bridgehead atoms. The van der Waals surface area contributed by atoms with E-state index in [4.69, 9.17) is 4.42 Å². The van der Waals surface area contributed by atoms with Gasteiger partial charge in [-0.1, -0.05) is 6.92 Å². The normalized spacial score (nSPS) is 11.2. The molecule has 1 heterocycles. The van der Waals surface area contributed by atoms with E-state index < -0.39 is 15.9 Å². The lowest BCUT2D eigenvalue weighted by Crippen LogP contribution is -2.38. The first-order valence-electron chi connectivity index (χ1n) is 8.58. The maximum Gasteiger partial charge on any atom is 0.255 e. The van der Waals surface area contributed by atoms with Crippen LogP contribution in [0.4, 0.5) is 0 Å². The highest BCUT2D eigenvalue weighted by Crippen LogP contribution is 2.22. The average molecular weight is 472 g/mol. The molecule has 1 aromatic carbocycles. The van der Waals surface area contributed by atoms with Gasteiger partial charge in [0.2, 0.25) is 15.9 Å². The Hall–Kier alpha value is -2.17. The van der Waals surface area contributed by atoms with Crippen molar-refractivity contribution in [1.82, 2.24) is 14.9 Å². The molecule has 8 nitrogen and oxygen atoms in total. The van der Waals surface area contributed by atoms with E-state index in [9.17, 15) is 18.0 Å². The van der Waals surface area contributed by atoms with Crippen LogP contribution in [0.3, 0.4) is 0 Å². The fourth-order valence-corrected chi connectivity index (χ4v) is 3.75. The molecule has 0 saturated heterocycles. The van der Waals surface area contributed by atoms with E-state index >= 15 is 0 Å². The summed E-state index contributed by atoms with van der Waals surface area (Å²) in [5.74, 6) is -0.283. The van der Waals surface area contributed by atoms with E-state index in [0.717, 1.165) is 6.42 Å². The van der Waals surface area contributed by atoms with Crippen LogP contribution in [0.25, 0.3) is 0 Å². The minimum Gasteiger partial charge on any atom is -0.468 e. The molecule has 0 fully saturated rings. The molecular formula is C18H22BrN3O5S. The van der Waals surface area contributed by atoms with Crippen molar-refractivity contribution in [3.8, 4) is 0 Å². The molecule has 0 atom stereocenters. The second-order valence-corrected chi connectivity index (χ2v) is 8.68. The molecule has 0 saturated carbocycles. The Kier molecular flexibility index (Phi) is 7.78. The number of nitrogens with one attached hydrogen (secondary N) is 2. The van der Waals surface area contributed by atoms with Crippen molar-refractivity contribution in [2.75, 3.05) is 20.1 Å². The molecule has 0 unspecified atom stereocenters. The molecule has 0 radical (unpaired) electrons. The van der Waals surface area contributed by atoms with Crippen LogP contribution in [0.2, 0.25) is 0 Å². The molecule has 0 aliphatic rings. The lowest BCUT2D eigenvalue weighted by atomic mass is 10.2. The third-order valence-electron chi connectivity index (χ3n) is 3.79. The van der Waals surface area contributed by atoms with Gasteiger partial charge < -0.3 is 14.6 Å². The van der Waals surface area contributed by atoms with Crippen molar-refractivity contribution < 1.29 is 22.4 Å². The number of amides is 2. The predicted octanol–water partition coefficient (Wildman–Crippen LogP) is 2.12. The fourth-order valence-electron chi connectivity index (χ4n) is 2.31. The molecule has 2 aromatic rings. The Bertz CT molecular complexity index is 929. The van der Waals surface area contributed by atoms with Crippen molar-refractivity contribution in [2.24, 2.45) is 0 Å². The summed E-state index contributed by atoms with van der Waals surface area (Å²) in [5, 5.41) is 2.69. The highest BCUT2D eigenvalue weighted by atomic mass is 79.9. The topological polar surface area (TPSA) is 109 Å². The number of benzene rings is 1. The second-order valence-electron chi connectivity index (χ2n) is 6.06. The Morgan fingerprint density at radius 2 is 2.00 bits per heavy atom. The van der Waals surface area contributed by atoms with Gasteiger partial charge in [0.05, 0.1) is 29.8 Å². The zero-order valence-corrected chi connectivity index (χ0v) is 18.0. The molecule has 0 spiro atoms. The van der Waals surface area contributed by atoms with Gasteiger partial charge in [0, 0.05) is 18.1 Å². The van der Waals surface area contributed by atoms with Crippen LogP contribution in [-0.4, -0.2) is 45.3 Å². The van der Waals surface area contributed by atoms with Crippen LogP contribution in [0.5, 0.6) is 0 Å². The first-order chi connectivity index (χ1) is 13.2. The number of rotatable bonds is 9. The van der Waals surface area contributed by atoms with Crippen molar-refractivity contribution in [3.05, 3.63) is 52.4 Å². The van der Waals surface area contributed by atoms with Crippen LogP contribution in [-0.2, 0) is 21.4 Å². The number of hydrogen-bond acceptors (Lipinski definition) is 5. The fraction of sp³-hybridized carbons (Fsp3) is 0.333. The smallest absolute Gasteiger partial charge is 0.255 e. The Balaban J connectivity index is 2.15. The van der Waals surface area contributed by atoms with Crippen molar-refractivity contribution >= 4 is 37.8 Å². The summed E-state index contributed by atoms with van der Waals surface area (Å²) in [6, 6.07) is 7.46. The first kappa shape index (κ1) is 22.1. The monoisotopic (exact) mass is 471 g/mol. The molecular weight excluding hydrogens is 450 g/mol. The predicted molar refractivity (Wildman–Crippen MR) is 107 cm³/mol. The minimum absolute atomic E-state index is 0.00776. The number of likely N-dealkylation sites (N-methyl/N-ethyl adjacent to an activating group) is 1. The van der Waals surface area contributed by atoms with E-state index in [1.165, 1.54) is 36.4 Å². The maximum atomic E-state index is 12.7. The van der Waals surface area contributed by atoms with Gasteiger partial charge >= 0.3 is 0 Å². The van der Waals surface area contributed by atoms with Crippen molar-refractivity contribution in [3.63, 3.8) is 0 Å². The zero-order chi connectivity index (χ0) is 20.7. The van der Waals surface area contributed by atoms with E-state index in [2.05, 4.69) is 26.0 Å². The summed E-state index contributed by atoms with van der Waals surface area (Å²) >= 11 is 3.27. The molecule has 2 amide bonds. The van der Waals surface area contributed by atoms with Gasteiger partial charge in [0.25, 0.3) is 5.91 Å². The molecule has 152 valence electrons. The summed E-state index contributed by atoms with van der Waals surface area (Å²) in [7, 11) is -2.37. The maximum absolute atomic E-state index is 12.7. The number of carbonyl (C=O) groups is 2. The molecule has 2 N–H and O–H groups in total. The van der Waals surface area contributed by atoms with E-state index in [0.29, 0.717) is 16.8 Å². The number of hydrogen-bond donors (Lipinski definition) is 2. The minimum atomic E-state index is -3.85. The van der Waals surface area contributed by atoms with Gasteiger partial charge in [-0.15, -0.1) is 0 Å². The summed E-state index contributed by atoms with van der Waals surface area (Å²) in [4.78, 5) is 25.7. The summed E-state index contributed by atoms with van der Waals surface area (Å²) in [6.45, 7) is 2.32. The largest absolute Gasteiger partial charge is 0.468 e. The molecule has 2 rings (SSSR count). The van der Waals surface area contributed by atoms with Crippen LogP contribution >= 0.6 is 15.9 Å². The number of carbonyl (C=O) groups excluding carboxylic acids is 2. The van der Waals surface area contributed by atoms with Crippen molar-refractivity contribution in [2.45, 2.75) is 24.8 Å². The number of halogens is 1. The third-order valence-corrected chi connectivity index (χ3v) is 5.89. The van der Waals surface area contributed by atoms with E-state index in [1.54, 1.807) is 12.1 Å². The molecule has 10 heteroatoms. The van der Waals surface area contributed by atoms with Crippen molar-refractivity contribution in [1.29, 1.82) is 0 Å². The summed E-state index contributed by atoms with van der Waals surface area (Å²) in [5.41, 5.74) is 0.145. The summed E-state index contributed by atoms with van der Waals surface area (Å²) in [6.07, 6.45) is 2.24. The standard InChI is InChI=1S/C18H22BrN3O5S/c1-3-8-20-17(23)12-22(2)18(24)15-10-14(6-7-16(15)19)28(25,26)21-11-13-5-4-9-27-13/h4-7,9-10,21H,3,8,11-12H2,1-2H3,(H,20,23). The lowest BCUT2D eigenvalue weighted by molar-refractivity contribution is -0.121. The van der Waals surface area contributed by atoms with Crippen LogP contribution in [0.1, 0.15) is 29.5 Å². The zero-order valence-electron chi connectivity index (χ0n) is 15.6. The Morgan fingerprint density at radius 3 is 2.64 bits per heavy atom. The highest BCUT2D eigenvalue weighted by molar-refractivity contribution is 9.10. The SMILES string of the molecule is CCCNC(=O)CN(C)C(=O)c1cc(S(=O)(=O)NCc2ccco2)ccc1Br. The van der Waals surface area contributed by atoms with Gasteiger partial charge in [0.15, 0.2) is 0 Å². The second kappa shape index (κ2) is 9.85. The van der Waals surface area contributed by atoms with E-state index in [1.807, 2.05) is 6.92 Å². The number of furan rings is 1. The number of nitrogens with zero attached hydrogens (tertiary/aromatic N) is 1. The van der Waals surface area contributed by atoms with Gasteiger partial charge in [-0.3, -0.25) is 9.59 Å². The van der Waals surface area contributed by atoms with E-state index in [-0.39, 0.29) is 29.5 Å². The molecule has 28 heavy (non-hydrogen) atoms. The van der Waals surface area contributed by atoms with Gasteiger partial charge in [-0.2, -0.15) is 0 Å². The Morgan fingerprint density at radius 1 is 1.25 bits per heavy atom. The summed E-state index contributed by atoms with van der Waals surface area (Å²) < 4.78 is 33.0. The number of sulfonamides is 1. The van der Waals surface area contributed by atoms with Crippen LogP contribution in [0, 0.1) is 0 Å². The molecule has 1 aromatic heterocycles. The van der Waals surface area contributed by atoms with Crippen LogP contribution in [0.15, 0.2) is 50.4 Å². The quantitative estimate of drug-likeness (QED) is 0.581. The Labute approximate surface area is 172 Å². The third kappa shape index (κ3) is 5.91. The van der Waals surface area contributed by atoms with Crippen LogP contribution < -0.4 is 10.0 Å². The lowest BCUT2D eigenvalue weighted by Gasteiger charge is -2.18. The van der Waals surface area contributed by atoms with Gasteiger partial charge in [-0.25, -0.2) is 13.1 Å².